The van der Waals surface area contributed by atoms with Crippen LogP contribution in [0.25, 0.3) is 0 Å². The first-order valence-corrected chi connectivity index (χ1v) is 6.07. The van der Waals surface area contributed by atoms with Crippen LogP contribution in [0.5, 0.6) is 0 Å². The quantitative estimate of drug-likeness (QED) is 0.498. The molecule has 5 nitrogen and oxygen atoms in total. The molecule has 1 aliphatic rings. The molecule has 1 saturated heterocycles. The second kappa shape index (κ2) is 3.61. The lowest BCUT2D eigenvalue weighted by Gasteiger charge is -2.07. The minimum atomic E-state index is -2.89. The monoisotopic (exact) mass is 207 g/mol. The number of nitro groups is 1. The van der Waals surface area contributed by atoms with Crippen molar-refractivity contribution in [3.05, 3.63) is 10.1 Å². The Labute approximate surface area is 77.2 Å². The Balaban J connectivity index is 2.45. The van der Waals surface area contributed by atoms with E-state index in [1.807, 2.05) is 0 Å². The molecule has 0 bridgehead atoms. The molecule has 76 valence electrons. The predicted molar refractivity (Wildman–Crippen MR) is 47.8 cm³/mol. The van der Waals surface area contributed by atoms with Crippen LogP contribution in [-0.4, -0.2) is 30.9 Å². The van der Waals surface area contributed by atoms with Crippen LogP contribution in [0.4, 0.5) is 0 Å². The zero-order chi connectivity index (χ0) is 10.1. The van der Waals surface area contributed by atoms with Gasteiger partial charge in [-0.05, 0) is 12.3 Å². The van der Waals surface area contributed by atoms with Gasteiger partial charge in [0.2, 0.25) is 6.04 Å². The van der Waals surface area contributed by atoms with E-state index < -0.39 is 15.9 Å². The van der Waals surface area contributed by atoms with Crippen molar-refractivity contribution in [2.75, 3.05) is 11.5 Å². The maximum Gasteiger partial charge on any atom is 0.210 e. The lowest BCUT2D eigenvalue weighted by Crippen LogP contribution is -2.20. The Morgan fingerprint density at radius 2 is 2.23 bits per heavy atom. The van der Waals surface area contributed by atoms with Gasteiger partial charge in [0.1, 0.15) is 0 Å². The summed E-state index contributed by atoms with van der Waals surface area (Å²) in [5.41, 5.74) is 0. The molecule has 13 heavy (non-hydrogen) atoms. The number of rotatable bonds is 3. The highest BCUT2D eigenvalue weighted by Crippen LogP contribution is 2.23. The lowest BCUT2D eigenvalue weighted by molar-refractivity contribution is -0.520. The first-order valence-electron chi connectivity index (χ1n) is 4.24. The minimum Gasteiger partial charge on any atom is -0.264 e. The third-order valence-corrected chi connectivity index (χ3v) is 4.20. The van der Waals surface area contributed by atoms with Gasteiger partial charge in [-0.2, -0.15) is 0 Å². The van der Waals surface area contributed by atoms with Crippen molar-refractivity contribution in [1.82, 2.24) is 0 Å². The highest BCUT2D eigenvalue weighted by Gasteiger charge is 2.31. The molecule has 0 aliphatic carbocycles. The van der Waals surface area contributed by atoms with Crippen LogP contribution in [0.15, 0.2) is 0 Å². The second-order valence-corrected chi connectivity index (χ2v) is 5.87. The molecule has 0 N–H and O–H groups in total. The first-order chi connectivity index (χ1) is 5.91. The van der Waals surface area contributed by atoms with E-state index in [1.54, 1.807) is 0 Å². The molecule has 1 heterocycles. The van der Waals surface area contributed by atoms with Gasteiger partial charge in [0.15, 0.2) is 9.84 Å². The second-order valence-electron chi connectivity index (χ2n) is 3.64. The van der Waals surface area contributed by atoms with E-state index in [0.717, 1.165) is 0 Å². The van der Waals surface area contributed by atoms with Crippen LogP contribution < -0.4 is 0 Å². The normalized spacial score (nSPS) is 28.5. The molecule has 2 unspecified atom stereocenters. The Morgan fingerprint density at radius 3 is 2.62 bits per heavy atom. The molecule has 0 aromatic heterocycles. The summed E-state index contributed by atoms with van der Waals surface area (Å²) in [4.78, 5) is 9.95. The van der Waals surface area contributed by atoms with Crippen molar-refractivity contribution in [2.45, 2.75) is 25.8 Å². The fraction of sp³-hybridized carbons (Fsp3) is 1.00. The third-order valence-electron chi connectivity index (χ3n) is 2.36. The highest BCUT2D eigenvalue weighted by molar-refractivity contribution is 7.91. The van der Waals surface area contributed by atoms with E-state index in [2.05, 4.69) is 0 Å². The molecular formula is C7H13NO4S. The van der Waals surface area contributed by atoms with Crippen LogP contribution in [0.1, 0.15) is 19.8 Å². The van der Waals surface area contributed by atoms with Gasteiger partial charge in [0.05, 0.1) is 11.5 Å². The summed E-state index contributed by atoms with van der Waals surface area (Å²) in [6.07, 6.45) is 0.965. The fourth-order valence-corrected chi connectivity index (χ4v) is 3.51. The van der Waals surface area contributed by atoms with Gasteiger partial charge in [-0.15, -0.1) is 0 Å². The summed E-state index contributed by atoms with van der Waals surface area (Å²) in [5.74, 6) is 0.318. The standard InChI is InChI=1S/C7H13NO4S/c1-6(8(9)10)4-7-2-3-13(11,12)5-7/h6-7H,2-5H2,1H3. The van der Waals surface area contributed by atoms with Crippen molar-refractivity contribution in [1.29, 1.82) is 0 Å². The number of hydrogen-bond donors (Lipinski definition) is 0. The van der Waals surface area contributed by atoms with Gasteiger partial charge in [0.25, 0.3) is 0 Å². The molecule has 0 saturated carbocycles. The van der Waals surface area contributed by atoms with Crippen molar-refractivity contribution >= 4 is 9.84 Å². The average molecular weight is 207 g/mol. The molecular weight excluding hydrogens is 194 g/mol. The van der Waals surface area contributed by atoms with Crippen molar-refractivity contribution < 1.29 is 13.3 Å². The summed E-state index contributed by atoms with van der Waals surface area (Å²) in [7, 11) is -2.89. The summed E-state index contributed by atoms with van der Waals surface area (Å²) in [6, 6.07) is -0.627. The average Bonchev–Trinajstić information content (AvgIpc) is 2.30. The fourth-order valence-electron chi connectivity index (χ4n) is 1.63. The maximum absolute atomic E-state index is 11.0. The van der Waals surface area contributed by atoms with E-state index >= 15 is 0 Å². The topological polar surface area (TPSA) is 77.3 Å². The van der Waals surface area contributed by atoms with E-state index in [4.69, 9.17) is 0 Å². The lowest BCUT2D eigenvalue weighted by atomic mass is 10.0. The van der Waals surface area contributed by atoms with Gasteiger partial charge >= 0.3 is 0 Å². The smallest absolute Gasteiger partial charge is 0.210 e. The van der Waals surface area contributed by atoms with Gasteiger partial charge in [-0.1, -0.05) is 0 Å². The number of nitrogens with zero attached hydrogens (tertiary/aromatic N) is 1. The van der Waals surface area contributed by atoms with Crippen LogP contribution in [0, 0.1) is 16.0 Å². The molecule has 2 atom stereocenters. The molecule has 0 amide bonds. The van der Waals surface area contributed by atoms with Crippen LogP contribution in [0.3, 0.4) is 0 Å². The largest absolute Gasteiger partial charge is 0.264 e. The third kappa shape index (κ3) is 2.95. The summed E-state index contributed by atoms with van der Waals surface area (Å²) in [6.45, 7) is 1.52. The van der Waals surface area contributed by atoms with Gasteiger partial charge in [0, 0.05) is 18.3 Å². The Bertz CT molecular complexity index is 298. The van der Waals surface area contributed by atoms with E-state index in [0.29, 0.717) is 12.8 Å². The summed E-state index contributed by atoms with van der Waals surface area (Å²) < 4.78 is 22.0. The van der Waals surface area contributed by atoms with Crippen molar-refractivity contribution in [3.8, 4) is 0 Å². The molecule has 0 radical (unpaired) electrons. The Hall–Kier alpha value is -0.650. The maximum atomic E-state index is 11.0. The molecule has 1 aliphatic heterocycles. The first kappa shape index (κ1) is 10.4. The number of hydrogen-bond acceptors (Lipinski definition) is 4. The molecule has 1 rings (SSSR count). The van der Waals surface area contributed by atoms with Crippen molar-refractivity contribution in [2.24, 2.45) is 5.92 Å². The van der Waals surface area contributed by atoms with Crippen molar-refractivity contribution in [3.63, 3.8) is 0 Å². The van der Waals surface area contributed by atoms with E-state index in [-0.39, 0.29) is 22.3 Å². The van der Waals surface area contributed by atoms with Gasteiger partial charge in [-0.25, -0.2) is 8.42 Å². The summed E-state index contributed by atoms with van der Waals surface area (Å²) >= 11 is 0. The van der Waals surface area contributed by atoms with Crippen LogP contribution in [0.2, 0.25) is 0 Å². The minimum absolute atomic E-state index is 0.00889. The summed E-state index contributed by atoms with van der Waals surface area (Å²) in [5, 5.41) is 10.3. The molecule has 0 aromatic rings. The number of sulfone groups is 1. The molecule has 1 fully saturated rings. The molecule has 0 aromatic carbocycles. The zero-order valence-electron chi connectivity index (χ0n) is 7.47. The van der Waals surface area contributed by atoms with Gasteiger partial charge < -0.3 is 0 Å². The Morgan fingerprint density at radius 1 is 1.62 bits per heavy atom. The molecule has 0 spiro atoms. The zero-order valence-corrected chi connectivity index (χ0v) is 8.29. The van der Waals surface area contributed by atoms with E-state index in [9.17, 15) is 18.5 Å². The van der Waals surface area contributed by atoms with Crippen LogP contribution in [-0.2, 0) is 9.84 Å². The predicted octanol–water partition coefficient (Wildman–Crippen LogP) is 0.476. The Kier molecular flexibility index (Phi) is 2.90. The highest BCUT2D eigenvalue weighted by atomic mass is 32.2. The SMILES string of the molecule is CC(CC1CCS(=O)(=O)C1)[N+](=O)[O-]. The van der Waals surface area contributed by atoms with Crippen LogP contribution >= 0.6 is 0 Å². The molecule has 6 heteroatoms. The van der Waals surface area contributed by atoms with E-state index in [1.165, 1.54) is 6.92 Å². The van der Waals surface area contributed by atoms with Gasteiger partial charge in [-0.3, -0.25) is 10.1 Å².